The maximum atomic E-state index is 5.71. The van der Waals surface area contributed by atoms with Crippen LogP contribution in [-0.2, 0) is 6.54 Å². The van der Waals surface area contributed by atoms with E-state index < -0.39 is 0 Å². The lowest BCUT2D eigenvalue weighted by Crippen LogP contribution is -1.99. The van der Waals surface area contributed by atoms with Crippen LogP contribution in [0, 0.1) is 6.92 Å². The third-order valence-corrected chi connectivity index (χ3v) is 3.02. The number of hydrogen-bond donors (Lipinski definition) is 1. The molecule has 0 amide bonds. The highest BCUT2D eigenvalue weighted by Gasteiger charge is 1.99. The molecule has 2 rings (SSSR count). The van der Waals surface area contributed by atoms with Crippen LogP contribution in [0.15, 0.2) is 23.7 Å². The third kappa shape index (κ3) is 2.91. The predicted molar refractivity (Wildman–Crippen MR) is 63.4 cm³/mol. The zero-order chi connectivity index (χ0) is 10.7. The molecule has 0 aliphatic carbocycles. The second kappa shape index (κ2) is 4.59. The number of rotatable bonds is 3. The fraction of sp³-hybridized carbons (Fsp3) is 0.200. The topological polar surface area (TPSA) is 37.8 Å². The summed E-state index contributed by atoms with van der Waals surface area (Å²) in [4.78, 5) is 8.31. The Bertz CT molecular complexity index is 438. The average Bonchev–Trinajstić information content (AvgIpc) is 2.64. The molecule has 0 saturated heterocycles. The van der Waals surface area contributed by atoms with Crippen LogP contribution in [-0.4, -0.2) is 9.97 Å². The highest BCUT2D eigenvalue weighted by Crippen LogP contribution is 2.19. The van der Waals surface area contributed by atoms with Crippen LogP contribution in [0.5, 0.6) is 0 Å². The molecule has 0 atom stereocenters. The van der Waals surface area contributed by atoms with Gasteiger partial charge in [0.1, 0.15) is 5.15 Å². The van der Waals surface area contributed by atoms with Crippen molar-refractivity contribution in [3.05, 3.63) is 40.1 Å². The molecule has 15 heavy (non-hydrogen) atoms. The van der Waals surface area contributed by atoms with Gasteiger partial charge in [-0.15, -0.1) is 11.3 Å². The first-order valence-corrected chi connectivity index (χ1v) is 5.76. The Morgan fingerprint density at radius 1 is 1.47 bits per heavy atom. The molecule has 2 heterocycles. The van der Waals surface area contributed by atoms with Crippen molar-refractivity contribution in [3.63, 3.8) is 0 Å². The molecule has 5 heteroatoms. The smallest absolute Gasteiger partial charge is 0.184 e. The van der Waals surface area contributed by atoms with E-state index in [-0.39, 0.29) is 0 Å². The van der Waals surface area contributed by atoms with E-state index in [4.69, 9.17) is 11.6 Å². The molecule has 1 N–H and O–H groups in total. The number of anilines is 1. The highest BCUT2D eigenvalue weighted by atomic mass is 35.5. The van der Waals surface area contributed by atoms with E-state index in [1.54, 1.807) is 5.38 Å². The van der Waals surface area contributed by atoms with Crippen molar-refractivity contribution < 1.29 is 0 Å². The Kier molecular flexibility index (Phi) is 3.18. The van der Waals surface area contributed by atoms with Crippen LogP contribution in [0.4, 0.5) is 5.13 Å². The first kappa shape index (κ1) is 10.4. The normalized spacial score (nSPS) is 10.3. The Balaban J connectivity index is 1.96. The minimum atomic E-state index is 0.532. The summed E-state index contributed by atoms with van der Waals surface area (Å²) in [6, 6.07) is 4.04. The fourth-order valence-corrected chi connectivity index (χ4v) is 1.95. The number of aromatic nitrogens is 2. The van der Waals surface area contributed by atoms with Gasteiger partial charge in [-0.2, -0.15) is 0 Å². The standard InChI is InChI=1S/C10H10ClN3S/c1-7-2-3-8(4-12-7)5-13-10-14-9(11)6-15-10/h2-4,6H,5H2,1H3,(H,13,14). The summed E-state index contributed by atoms with van der Waals surface area (Å²) in [6.07, 6.45) is 1.86. The summed E-state index contributed by atoms with van der Waals surface area (Å²) < 4.78 is 0. The minimum absolute atomic E-state index is 0.532. The van der Waals surface area contributed by atoms with Crippen molar-refractivity contribution in [2.24, 2.45) is 0 Å². The Morgan fingerprint density at radius 2 is 2.33 bits per heavy atom. The Hall–Kier alpha value is -1.13. The zero-order valence-corrected chi connectivity index (χ0v) is 9.77. The summed E-state index contributed by atoms with van der Waals surface area (Å²) in [5, 5.41) is 6.35. The quantitative estimate of drug-likeness (QED) is 0.895. The van der Waals surface area contributed by atoms with Gasteiger partial charge in [-0.05, 0) is 18.6 Å². The lowest BCUT2D eigenvalue weighted by Gasteiger charge is -2.02. The number of nitrogens with one attached hydrogen (secondary N) is 1. The van der Waals surface area contributed by atoms with Crippen LogP contribution in [0.1, 0.15) is 11.3 Å². The van der Waals surface area contributed by atoms with Crippen molar-refractivity contribution in [1.82, 2.24) is 9.97 Å². The molecule has 2 aromatic rings. The molecule has 0 bridgehead atoms. The van der Waals surface area contributed by atoms with E-state index >= 15 is 0 Å². The van der Waals surface area contributed by atoms with E-state index in [1.165, 1.54) is 11.3 Å². The number of halogens is 1. The molecule has 0 radical (unpaired) electrons. The summed E-state index contributed by atoms with van der Waals surface area (Å²) in [7, 11) is 0. The van der Waals surface area contributed by atoms with Crippen molar-refractivity contribution >= 4 is 28.1 Å². The molecule has 0 aromatic carbocycles. The lowest BCUT2D eigenvalue weighted by molar-refractivity contribution is 1.08. The molecule has 0 spiro atoms. The van der Waals surface area contributed by atoms with Crippen LogP contribution in [0.25, 0.3) is 0 Å². The molecule has 78 valence electrons. The summed E-state index contributed by atoms with van der Waals surface area (Å²) in [5.41, 5.74) is 2.16. The van der Waals surface area contributed by atoms with Gasteiger partial charge in [-0.25, -0.2) is 4.98 Å². The number of pyridine rings is 1. The zero-order valence-electron chi connectivity index (χ0n) is 8.20. The summed E-state index contributed by atoms with van der Waals surface area (Å²) in [6.45, 7) is 2.69. The largest absolute Gasteiger partial charge is 0.357 e. The van der Waals surface area contributed by atoms with Crippen LogP contribution in [0.2, 0.25) is 5.15 Å². The molecular formula is C10H10ClN3S. The molecule has 2 aromatic heterocycles. The van der Waals surface area contributed by atoms with E-state index in [1.807, 2.05) is 25.3 Å². The molecule has 0 aliphatic rings. The van der Waals surface area contributed by atoms with E-state index in [9.17, 15) is 0 Å². The third-order valence-electron chi connectivity index (χ3n) is 1.89. The van der Waals surface area contributed by atoms with Gasteiger partial charge in [-0.3, -0.25) is 4.98 Å². The van der Waals surface area contributed by atoms with E-state index in [2.05, 4.69) is 15.3 Å². The predicted octanol–water partition coefficient (Wildman–Crippen LogP) is 3.11. The van der Waals surface area contributed by atoms with Gasteiger partial charge in [0, 0.05) is 23.8 Å². The molecule has 0 aliphatic heterocycles. The number of hydrogen-bond acceptors (Lipinski definition) is 4. The summed E-state index contributed by atoms with van der Waals surface area (Å²) >= 11 is 7.21. The van der Waals surface area contributed by atoms with Gasteiger partial charge >= 0.3 is 0 Å². The Morgan fingerprint density at radius 3 is 2.93 bits per heavy atom. The van der Waals surface area contributed by atoms with Crippen LogP contribution in [0.3, 0.4) is 0 Å². The molecule has 0 saturated carbocycles. The minimum Gasteiger partial charge on any atom is -0.357 e. The van der Waals surface area contributed by atoms with Gasteiger partial charge < -0.3 is 5.32 Å². The molecule has 0 fully saturated rings. The second-order valence-corrected chi connectivity index (χ2v) is 4.38. The maximum absolute atomic E-state index is 5.71. The molecular weight excluding hydrogens is 230 g/mol. The van der Waals surface area contributed by atoms with Crippen LogP contribution < -0.4 is 5.32 Å². The van der Waals surface area contributed by atoms with Gasteiger partial charge in [-0.1, -0.05) is 17.7 Å². The highest BCUT2D eigenvalue weighted by molar-refractivity contribution is 7.14. The number of thiazole rings is 1. The number of nitrogens with zero attached hydrogens (tertiary/aromatic N) is 2. The van der Waals surface area contributed by atoms with Crippen molar-refractivity contribution in [3.8, 4) is 0 Å². The van der Waals surface area contributed by atoms with E-state index in [0.717, 1.165) is 22.9 Å². The molecule has 0 unspecified atom stereocenters. The first-order chi connectivity index (χ1) is 7.24. The number of aryl methyl sites for hydroxylation is 1. The second-order valence-electron chi connectivity index (χ2n) is 3.14. The molecule has 3 nitrogen and oxygen atoms in total. The SMILES string of the molecule is Cc1ccc(CNc2nc(Cl)cs2)cn1. The summed E-state index contributed by atoms with van der Waals surface area (Å²) in [5.74, 6) is 0. The van der Waals surface area contributed by atoms with Gasteiger partial charge in [0.15, 0.2) is 5.13 Å². The first-order valence-electron chi connectivity index (χ1n) is 4.50. The van der Waals surface area contributed by atoms with Gasteiger partial charge in [0.2, 0.25) is 0 Å². The average molecular weight is 240 g/mol. The fourth-order valence-electron chi connectivity index (χ4n) is 1.12. The lowest BCUT2D eigenvalue weighted by atomic mass is 10.2. The van der Waals surface area contributed by atoms with E-state index in [0.29, 0.717) is 5.15 Å². The maximum Gasteiger partial charge on any atom is 0.184 e. The van der Waals surface area contributed by atoms with Gasteiger partial charge in [0.25, 0.3) is 0 Å². The Labute approximate surface area is 97.2 Å². The van der Waals surface area contributed by atoms with Crippen molar-refractivity contribution in [1.29, 1.82) is 0 Å². The van der Waals surface area contributed by atoms with Crippen molar-refractivity contribution in [2.75, 3.05) is 5.32 Å². The van der Waals surface area contributed by atoms with Crippen molar-refractivity contribution in [2.45, 2.75) is 13.5 Å². The van der Waals surface area contributed by atoms with Gasteiger partial charge in [0.05, 0.1) is 0 Å². The monoisotopic (exact) mass is 239 g/mol. The van der Waals surface area contributed by atoms with Crippen LogP contribution >= 0.6 is 22.9 Å².